The number of carbonyl (C=O) groups is 3. The van der Waals surface area contributed by atoms with E-state index < -0.39 is 6.04 Å². The number of piperazine rings is 1. The van der Waals surface area contributed by atoms with Gasteiger partial charge in [-0.1, -0.05) is 12.1 Å². The number of anilines is 1. The fourth-order valence-electron chi connectivity index (χ4n) is 5.21. The molecule has 34 heavy (non-hydrogen) atoms. The molecule has 4 heterocycles. The Morgan fingerprint density at radius 3 is 2.71 bits per heavy atom. The highest BCUT2D eigenvalue weighted by Gasteiger charge is 2.39. The van der Waals surface area contributed by atoms with Gasteiger partial charge in [0.15, 0.2) is 0 Å². The molecule has 1 unspecified atom stereocenters. The lowest BCUT2D eigenvalue weighted by molar-refractivity contribution is -0.136. The summed E-state index contributed by atoms with van der Waals surface area (Å²) in [7, 11) is 1.99. The third kappa shape index (κ3) is 4.19. The zero-order chi connectivity index (χ0) is 23.8. The number of aromatic nitrogens is 2. The maximum Gasteiger partial charge on any atom is 0.255 e. The molecule has 10 nitrogen and oxygen atoms in total. The number of nitrogens with zero attached hydrogens (tertiary/aromatic N) is 4. The first-order chi connectivity index (χ1) is 16.4. The third-order valence-corrected chi connectivity index (χ3v) is 6.95. The Balaban J connectivity index is 1.25. The minimum Gasteiger partial charge on any atom is -0.354 e. The van der Waals surface area contributed by atoms with Crippen LogP contribution in [0.3, 0.4) is 0 Å². The lowest BCUT2D eigenvalue weighted by atomic mass is 10.0. The van der Waals surface area contributed by atoms with Crippen LogP contribution >= 0.6 is 0 Å². The van der Waals surface area contributed by atoms with Crippen molar-refractivity contribution in [3.63, 3.8) is 0 Å². The maximum absolute atomic E-state index is 13.1. The quantitative estimate of drug-likeness (QED) is 0.522. The Hall–Kier alpha value is -3.24. The number of carbonyl (C=O) groups excluding carboxylic acids is 3. The number of piperidine rings is 1. The standard InChI is InChI=1S/C24H31N7O3/c1-15-19(23(29(2)28-15)30-9-7-25-8-10-30)13-26-12-16-3-4-17-14-31(24(34)18(17)11-16)20-5-6-21(32)27-22(20)33/h3-4,11,20,25-26H,5-10,12-14H2,1-2H3,(H,27,32,33). The number of hydrogen-bond acceptors (Lipinski definition) is 7. The molecule has 0 spiro atoms. The minimum atomic E-state index is -0.587. The van der Waals surface area contributed by atoms with Crippen LogP contribution in [0.15, 0.2) is 18.2 Å². The first kappa shape index (κ1) is 22.5. The second-order valence-corrected chi connectivity index (χ2v) is 9.24. The van der Waals surface area contributed by atoms with Crippen LogP contribution in [-0.4, -0.2) is 64.6 Å². The van der Waals surface area contributed by atoms with E-state index in [0.717, 1.165) is 48.8 Å². The lowest BCUT2D eigenvalue weighted by Gasteiger charge is -2.30. The third-order valence-electron chi connectivity index (χ3n) is 6.95. The molecule has 180 valence electrons. The van der Waals surface area contributed by atoms with E-state index >= 15 is 0 Å². The van der Waals surface area contributed by atoms with Crippen molar-refractivity contribution in [1.29, 1.82) is 0 Å². The van der Waals surface area contributed by atoms with Crippen molar-refractivity contribution in [2.75, 3.05) is 31.1 Å². The Morgan fingerprint density at radius 2 is 1.94 bits per heavy atom. The zero-order valence-electron chi connectivity index (χ0n) is 19.7. The van der Waals surface area contributed by atoms with E-state index in [1.54, 1.807) is 4.90 Å². The van der Waals surface area contributed by atoms with Crippen molar-refractivity contribution in [3.8, 4) is 0 Å². The minimum absolute atomic E-state index is 0.143. The highest BCUT2D eigenvalue weighted by molar-refractivity contribution is 6.05. The molecule has 2 saturated heterocycles. The average Bonchev–Trinajstić information content (AvgIpc) is 3.29. The van der Waals surface area contributed by atoms with Crippen LogP contribution in [0.2, 0.25) is 0 Å². The number of benzene rings is 1. The van der Waals surface area contributed by atoms with E-state index in [1.807, 2.05) is 36.9 Å². The average molecular weight is 466 g/mol. The summed E-state index contributed by atoms with van der Waals surface area (Å²) < 4.78 is 1.97. The van der Waals surface area contributed by atoms with Crippen molar-refractivity contribution < 1.29 is 14.4 Å². The van der Waals surface area contributed by atoms with Gasteiger partial charge in [0.25, 0.3) is 5.91 Å². The molecule has 10 heteroatoms. The van der Waals surface area contributed by atoms with Gasteiger partial charge in [-0.3, -0.25) is 24.4 Å². The predicted octanol–water partition coefficient (Wildman–Crippen LogP) is 0.189. The normalized spacial score (nSPS) is 20.6. The van der Waals surface area contributed by atoms with E-state index in [9.17, 15) is 14.4 Å². The van der Waals surface area contributed by atoms with Crippen LogP contribution in [0.25, 0.3) is 0 Å². The number of amides is 3. The first-order valence-electron chi connectivity index (χ1n) is 11.9. The topological polar surface area (TPSA) is 112 Å². The summed E-state index contributed by atoms with van der Waals surface area (Å²) in [4.78, 5) is 40.7. The first-order valence-corrected chi connectivity index (χ1v) is 11.9. The summed E-state index contributed by atoms with van der Waals surface area (Å²) >= 11 is 0. The summed E-state index contributed by atoms with van der Waals surface area (Å²) in [5.74, 6) is 0.361. The molecule has 0 aliphatic carbocycles. The van der Waals surface area contributed by atoms with Crippen molar-refractivity contribution in [1.82, 2.24) is 30.6 Å². The number of fused-ring (bicyclic) bond motifs is 1. The Morgan fingerprint density at radius 1 is 1.15 bits per heavy atom. The summed E-state index contributed by atoms with van der Waals surface area (Å²) in [5, 5.41) is 13.9. The van der Waals surface area contributed by atoms with Gasteiger partial charge in [-0.15, -0.1) is 0 Å². The second-order valence-electron chi connectivity index (χ2n) is 9.24. The molecule has 5 rings (SSSR count). The molecular formula is C24H31N7O3. The van der Waals surface area contributed by atoms with Gasteiger partial charge in [0.05, 0.1) is 5.69 Å². The fraction of sp³-hybridized carbons (Fsp3) is 0.500. The predicted molar refractivity (Wildman–Crippen MR) is 126 cm³/mol. The van der Waals surface area contributed by atoms with Gasteiger partial charge >= 0.3 is 0 Å². The van der Waals surface area contributed by atoms with Gasteiger partial charge in [0.1, 0.15) is 11.9 Å². The molecule has 1 atom stereocenters. The molecule has 0 bridgehead atoms. The van der Waals surface area contributed by atoms with Crippen molar-refractivity contribution in [3.05, 3.63) is 46.1 Å². The largest absolute Gasteiger partial charge is 0.354 e. The molecule has 0 radical (unpaired) electrons. The maximum atomic E-state index is 13.1. The molecule has 3 aliphatic rings. The summed E-state index contributed by atoms with van der Waals surface area (Å²) in [6, 6.07) is 5.33. The van der Waals surface area contributed by atoms with E-state index in [0.29, 0.717) is 31.6 Å². The van der Waals surface area contributed by atoms with Crippen LogP contribution < -0.4 is 20.9 Å². The summed E-state index contributed by atoms with van der Waals surface area (Å²) in [6.07, 6.45) is 0.633. The van der Waals surface area contributed by atoms with E-state index in [2.05, 4.69) is 25.9 Å². The molecule has 3 aliphatic heterocycles. The van der Waals surface area contributed by atoms with Gasteiger partial charge in [0.2, 0.25) is 11.8 Å². The number of nitrogens with one attached hydrogen (secondary N) is 3. The van der Waals surface area contributed by atoms with E-state index in [1.165, 1.54) is 5.56 Å². The molecule has 3 N–H and O–H groups in total. The summed E-state index contributed by atoms with van der Waals surface area (Å²) in [5.41, 5.74) is 4.80. The summed E-state index contributed by atoms with van der Waals surface area (Å²) in [6.45, 7) is 7.61. The van der Waals surface area contributed by atoms with Crippen LogP contribution in [0.1, 0.15) is 45.6 Å². The Bertz CT molecular complexity index is 1140. The molecule has 1 aromatic heterocycles. The second kappa shape index (κ2) is 9.19. The lowest BCUT2D eigenvalue weighted by Crippen LogP contribution is -2.52. The van der Waals surface area contributed by atoms with Gasteiger partial charge in [-0.2, -0.15) is 5.10 Å². The Kier molecular flexibility index (Phi) is 6.09. The molecule has 1 aromatic carbocycles. The number of imide groups is 1. The van der Waals surface area contributed by atoms with Gasteiger partial charge in [0, 0.05) is 70.4 Å². The molecule has 2 fully saturated rings. The van der Waals surface area contributed by atoms with Crippen molar-refractivity contribution >= 4 is 23.5 Å². The Labute approximate surface area is 198 Å². The zero-order valence-corrected chi connectivity index (χ0v) is 19.7. The van der Waals surface area contributed by atoms with Crippen LogP contribution in [0.5, 0.6) is 0 Å². The number of rotatable bonds is 6. The van der Waals surface area contributed by atoms with Crippen LogP contribution in [-0.2, 0) is 36.3 Å². The molecule has 0 saturated carbocycles. The fourth-order valence-corrected chi connectivity index (χ4v) is 5.21. The molecule has 3 amide bonds. The molecule has 2 aromatic rings. The van der Waals surface area contributed by atoms with Crippen LogP contribution in [0.4, 0.5) is 5.82 Å². The highest BCUT2D eigenvalue weighted by atomic mass is 16.2. The van der Waals surface area contributed by atoms with E-state index in [-0.39, 0.29) is 24.1 Å². The number of hydrogen-bond donors (Lipinski definition) is 3. The van der Waals surface area contributed by atoms with Gasteiger partial charge in [-0.05, 0) is 30.5 Å². The van der Waals surface area contributed by atoms with Crippen LogP contribution in [0, 0.1) is 6.92 Å². The monoisotopic (exact) mass is 465 g/mol. The van der Waals surface area contributed by atoms with Crippen molar-refractivity contribution in [2.45, 2.75) is 45.4 Å². The molecular weight excluding hydrogens is 434 g/mol. The smallest absolute Gasteiger partial charge is 0.255 e. The van der Waals surface area contributed by atoms with Gasteiger partial charge in [-0.25, -0.2) is 0 Å². The number of aryl methyl sites for hydroxylation is 2. The van der Waals surface area contributed by atoms with Crippen molar-refractivity contribution in [2.24, 2.45) is 7.05 Å². The highest BCUT2D eigenvalue weighted by Crippen LogP contribution is 2.28. The van der Waals surface area contributed by atoms with E-state index in [4.69, 9.17) is 0 Å². The SMILES string of the molecule is Cc1nn(C)c(N2CCNCC2)c1CNCc1ccc2c(c1)C(=O)N(C1CCC(=O)NC1=O)C2. The van der Waals surface area contributed by atoms with Gasteiger partial charge < -0.3 is 20.4 Å².